The molecule has 9 heteroatoms. The topological polar surface area (TPSA) is 84.0 Å². The predicted molar refractivity (Wildman–Crippen MR) is 136 cm³/mol. The van der Waals surface area contributed by atoms with Gasteiger partial charge in [-0.15, -0.1) is 24.0 Å². The van der Waals surface area contributed by atoms with Gasteiger partial charge in [-0.3, -0.25) is 9.79 Å². The Morgan fingerprint density at radius 2 is 1.78 bits per heavy atom. The van der Waals surface area contributed by atoms with Gasteiger partial charge >= 0.3 is 0 Å². The molecule has 0 aliphatic rings. The van der Waals surface area contributed by atoms with E-state index >= 15 is 0 Å². The van der Waals surface area contributed by atoms with Gasteiger partial charge in [-0.05, 0) is 43.2 Å². The number of hydrogen-bond acceptors (Lipinski definition) is 4. The lowest BCUT2D eigenvalue weighted by Gasteiger charge is -2.15. The maximum absolute atomic E-state index is 13.6. The van der Waals surface area contributed by atoms with Gasteiger partial charge in [-0.1, -0.05) is 18.2 Å². The van der Waals surface area contributed by atoms with Gasteiger partial charge < -0.3 is 25.4 Å². The fourth-order valence-corrected chi connectivity index (χ4v) is 2.77. The summed E-state index contributed by atoms with van der Waals surface area (Å²) in [6.45, 7) is 6.02. The van der Waals surface area contributed by atoms with Crippen LogP contribution in [-0.2, 0) is 11.3 Å². The van der Waals surface area contributed by atoms with Gasteiger partial charge in [0.1, 0.15) is 18.2 Å². The van der Waals surface area contributed by atoms with Crippen LogP contribution in [0.25, 0.3) is 0 Å². The van der Waals surface area contributed by atoms with Crippen LogP contribution < -0.4 is 20.7 Å². The van der Waals surface area contributed by atoms with Crippen LogP contribution in [0.5, 0.6) is 5.75 Å². The molecule has 7 nitrogen and oxygen atoms in total. The summed E-state index contributed by atoms with van der Waals surface area (Å²) in [5, 5.41) is 9.13. The SMILES string of the molecule is CN=C(NCCNC(=O)c1ccc(C)c(F)c1)NCc1ccc(C)cc1OCCOC.I. The third kappa shape index (κ3) is 8.99. The number of carbonyl (C=O) groups is 1. The molecule has 176 valence electrons. The lowest BCUT2D eigenvalue weighted by Crippen LogP contribution is -2.41. The van der Waals surface area contributed by atoms with E-state index in [0.29, 0.717) is 49.9 Å². The summed E-state index contributed by atoms with van der Waals surface area (Å²) in [6.07, 6.45) is 0. The predicted octanol–water partition coefficient (Wildman–Crippen LogP) is 3.18. The highest BCUT2D eigenvalue weighted by Crippen LogP contribution is 2.20. The Morgan fingerprint density at radius 1 is 1.03 bits per heavy atom. The number of methoxy groups -OCH3 is 1. The number of nitrogens with zero attached hydrogens (tertiary/aromatic N) is 1. The van der Waals surface area contributed by atoms with E-state index in [1.165, 1.54) is 6.07 Å². The first kappa shape index (κ1) is 27.6. The molecule has 2 aromatic carbocycles. The molecule has 0 atom stereocenters. The van der Waals surface area contributed by atoms with Crippen molar-refractivity contribution in [2.45, 2.75) is 20.4 Å². The molecule has 0 aromatic heterocycles. The van der Waals surface area contributed by atoms with Crippen molar-refractivity contribution in [3.05, 3.63) is 64.5 Å². The molecule has 0 spiro atoms. The van der Waals surface area contributed by atoms with E-state index in [1.54, 1.807) is 33.2 Å². The van der Waals surface area contributed by atoms with Gasteiger partial charge in [0.25, 0.3) is 5.91 Å². The number of carbonyl (C=O) groups excluding carboxylic acids is 1. The highest BCUT2D eigenvalue weighted by molar-refractivity contribution is 14.0. The molecular formula is C23H32FIN4O3. The number of ether oxygens (including phenoxy) is 2. The minimum absolute atomic E-state index is 0. The van der Waals surface area contributed by atoms with Gasteiger partial charge in [0.05, 0.1) is 6.61 Å². The minimum atomic E-state index is -0.392. The number of aliphatic imine (C=N–C) groups is 1. The maximum atomic E-state index is 13.6. The van der Waals surface area contributed by atoms with Crippen LogP contribution in [0.15, 0.2) is 41.4 Å². The first-order chi connectivity index (χ1) is 14.9. The third-order valence-corrected chi connectivity index (χ3v) is 4.57. The van der Waals surface area contributed by atoms with Crippen molar-refractivity contribution < 1.29 is 18.7 Å². The summed E-state index contributed by atoms with van der Waals surface area (Å²) < 4.78 is 24.5. The zero-order valence-corrected chi connectivity index (χ0v) is 21.3. The zero-order chi connectivity index (χ0) is 22.6. The number of hydrogen-bond donors (Lipinski definition) is 3. The van der Waals surface area contributed by atoms with Crippen LogP contribution in [-0.4, -0.2) is 52.3 Å². The summed E-state index contributed by atoms with van der Waals surface area (Å²) in [6, 6.07) is 10.5. The molecule has 3 N–H and O–H groups in total. The van der Waals surface area contributed by atoms with Crippen LogP contribution >= 0.6 is 24.0 Å². The van der Waals surface area contributed by atoms with Gasteiger partial charge in [0.2, 0.25) is 0 Å². The van der Waals surface area contributed by atoms with Crippen LogP contribution in [0.4, 0.5) is 4.39 Å². The van der Waals surface area contributed by atoms with Crippen molar-refractivity contribution in [2.24, 2.45) is 4.99 Å². The lowest BCUT2D eigenvalue weighted by atomic mass is 10.1. The Labute approximate surface area is 206 Å². The Kier molecular flexibility index (Phi) is 12.6. The average molecular weight is 558 g/mol. The van der Waals surface area contributed by atoms with Crippen molar-refractivity contribution in [2.75, 3.05) is 40.5 Å². The second-order valence-electron chi connectivity index (χ2n) is 7.02. The van der Waals surface area contributed by atoms with Crippen LogP contribution in [0, 0.1) is 19.7 Å². The molecule has 2 aromatic rings. The minimum Gasteiger partial charge on any atom is -0.491 e. The van der Waals surface area contributed by atoms with Crippen molar-refractivity contribution >= 4 is 35.8 Å². The lowest BCUT2D eigenvalue weighted by molar-refractivity contribution is 0.0954. The van der Waals surface area contributed by atoms with E-state index in [9.17, 15) is 9.18 Å². The quantitative estimate of drug-likeness (QED) is 0.181. The van der Waals surface area contributed by atoms with E-state index in [0.717, 1.165) is 16.9 Å². The Hall–Kier alpha value is -2.40. The fourth-order valence-electron chi connectivity index (χ4n) is 2.77. The number of benzene rings is 2. The monoisotopic (exact) mass is 558 g/mol. The molecule has 1 amide bonds. The Bertz CT molecular complexity index is 909. The smallest absolute Gasteiger partial charge is 0.251 e. The zero-order valence-electron chi connectivity index (χ0n) is 19.0. The number of guanidine groups is 1. The molecule has 0 heterocycles. The van der Waals surface area contributed by atoms with E-state index in [-0.39, 0.29) is 29.9 Å². The molecule has 32 heavy (non-hydrogen) atoms. The second-order valence-corrected chi connectivity index (χ2v) is 7.02. The van der Waals surface area contributed by atoms with Crippen molar-refractivity contribution in [1.29, 1.82) is 0 Å². The summed E-state index contributed by atoms with van der Waals surface area (Å²) >= 11 is 0. The standard InChI is InChI=1S/C23H31FN4O3.HI/c1-16-5-7-19(21(13-16)31-12-11-30-4)15-28-23(25-3)27-10-9-26-22(29)18-8-6-17(2)20(24)14-18;/h5-8,13-14H,9-12,15H2,1-4H3,(H,26,29)(H2,25,27,28);1H. The maximum Gasteiger partial charge on any atom is 0.251 e. The summed E-state index contributed by atoms with van der Waals surface area (Å²) in [5.74, 6) is 0.690. The second kappa shape index (κ2) is 14.6. The summed E-state index contributed by atoms with van der Waals surface area (Å²) in [7, 11) is 3.31. The number of rotatable bonds is 10. The molecule has 0 aliphatic carbocycles. The first-order valence-corrected chi connectivity index (χ1v) is 10.1. The summed E-state index contributed by atoms with van der Waals surface area (Å²) in [4.78, 5) is 16.3. The largest absolute Gasteiger partial charge is 0.491 e. The van der Waals surface area contributed by atoms with Gasteiger partial charge in [-0.2, -0.15) is 0 Å². The number of nitrogens with one attached hydrogen (secondary N) is 3. The Balaban J connectivity index is 0.00000512. The number of halogens is 2. The Morgan fingerprint density at radius 3 is 2.47 bits per heavy atom. The number of amides is 1. The van der Waals surface area contributed by atoms with Gasteiger partial charge in [0, 0.05) is 44.9 Å². The molecule has 0 saturated carbocycles. The number of aryl methyl sites for hydroxylation is 2. The van der Waals surface area contributed by atoms with Gasteiger partial charge in [-0.25, -0.2) is 4.39 Å². The van der Waals surface area contributed by atoms with Crippen LogP contribution in [0.3, 0.4) is 0 Å². The van der Waals surface area contributed by atoms with Gasteiger partial charge in [0.15, 0.2) is 5.96 Å². The average Bonchev–Trinajstić information content (AvgIpc) is 2.76. The van der Waals surface area contributed by atoms with E-state index in [1.807, 2.05) is 25.1 Å². The molecule has 0 aliphatic heterocycles. The summed E-state index contributed by atoms with van der Waals surface area (Å²) in [5.41, 5.74) is 2.92. The fraction of sp³-hybridized carbons (Fsp3) is 0.391. The molecule has 0 fully saturated rings. The van der Waals surface area contributed by atoms with E-state index < -0.39 is 5.82 Å². The first-order valence-electron chi connectivity index (χ1n) is 10.1. The van der Waals surface area contributed by atoms with E-state index in [2.05, 4.69) is 20.9 Å². The third-order valence-electron chi connectivity index (χ3n) is 4.57. The highest BCUT2D eigenvalue weighted by Gasteiger charge is 2.08. The molecule has 2 rings (SSSR count). The highest BCUT2D eigenvalue weighted by atomic mass is 127. The molecule has 0 saturated heterocycles. The molecule has 0 radical (unpaired) electrons. The molecular weight excluding hydrogens is 526 g/mol. The van der Waals surface area contributed by atoms with Crippen molar-refractivity contribution in [3.63, 3.8) is 0 Å². The molecule has 0 bridgehead atoms. The normalized spacial score (nSPS) is 10.8. The van der Waals surface area contributed by atoms with Crippen LogP contribution in [0.2, 0.25) is 0 Å². The van der Waals surface area contributed by atoms with Crippen LogP contribution in [0.1, 0.15) is 27.0 Å². The van der Waals surface area contributed by atoms with E-state index in [4.69, 9.17) is 9.47 Å². The van der Waals surface area contributed by atoms with Crippen molar-refractivity contribution in [1.82, 2.24) is 16.0 Å². The van der Waals surface area contributed by atoms with Crippen molar-refractivity contribution in [3.8, 4) is 5.75 Å². The molecule has 0 unspecified atom stereocenters.